The van der Waals surface area contributed by atoms with E-state index in [-0.39, 0.29) is 18.7 Å². The van der Waals surface area contributed by atoms with Gasteiger partial charge in [-0.2, -0.15) is 0 Å². The maximum Gasteiger partial charge on any atom is 0.329 e. The lowest BCUT2D eigenvalue weighted by Gasteiger charge is -2.15. The lowest BCUT2D eigenvalue weighted by Crippen LogP contribution is -2.47. The number of ether oxygens (including phenoxy) is 1. The van der Waals surface area contributed by atoms with Crippen LogP contribution in [0.2, 0.25) is 0 Å². The Balaban J connectivity index is 1.31. The van der Waals surface area contributed by atoms with Gasteiger partial charge in [-0.25, -0.2) is 4.79 Å². The average Bonchev–Trinajstić information content (AvgIpc) is 3.11. The zero-order valence-electron chi connectivity index (χ0n) is 18.6. The molecule has 0 fully saturated rings. The van der Waals surface area contributed by atoms with Crippen LogP contribution in [0.5, 0.6) is 5.75 Å². The van der Waals surface area contributed by atoms with Crippen LogP contribution in [0.25, 0.3) is 21.8 Å². The molecule has 1 aromatic heterocycles. The summed E-state index contributed by atoms with van der Waals surface area (Å²) in [5, 5.41) is 2.09. The van der Waals surface area contributed by atoms with Crippen molar-refractivity contribution in [3.05, 3.63) is 77.2 Å². The van der Waals surface area contributed by atoms with Gasteiger partial charge in [0.2, 0.25) is 5.91 Å². The lowest BCUT2D eigenvalue weighted by atomic mass is 10.1. The molecule has 1 heterocycles. The number of nitrogens with zero attached hydrogens (tertiary/aromatic N) is 2. The van der Waals surface area contributed by atoms with Gasteiger partial charge in [0, 0.05) is 19.5 Å². The fraction of sp³-hybridized carbons (Fsp3) is 0.240. The van der Waals surface area contributed by atoms with Crippen molar-refractivity contribution in [3.63, 3.8) is 0 Å². The second kappa shape index (κ2) is 9.60. The molecule has 8 heteroatoms. The van der Waals surface area contributed by atoms with Gasteiger partial charge in [-0.1, -0.05) is 42.5 Å². The molecule has 0 saturated heterocycles. The molecule has 2 N–H and O–H groups in total. The SMILES string of the molecule is CCn1c(=O)n(CCC(=O)NNC(=O)C(C)Oc2ccc3ccccc3c2)c2ccccc21. The maximum atomic E-state index is 12.7. The Hall–Kier alpha value is -4.07. The number of carbonyl (C=O) groups is 2. The van der Waals surface area contributed by atoms with Gasteiger partial charge in [0.25, 0.3) is 5.91 Å². The standard InChI is InChI=1S/C25H26N4O4/c1-3-28-21-10-6-7-11-22(21)29(25(28)32)15-14-23(30)26-27-24(31)17(2)33-20-13-12-18-8-4-5-9-19(18)16-20/h4-13,16-17H,3,14-15H2,1-2H3,(H,26,30)(H,27,31). The fourth-order valence-electron chi connectivity index (χ4n) is 3.80. The summed E-state index contributed by atoms with van der Waals surface area (Å²) < 4.78 is 8.96. The normalized spacial score (nSPS) is 11.9. The number of nitrogens with one attached hydrogen (secondary N) is 2. The number of carbonyl (C=O) groups excluding carboxylic acids is 2. The highest BCUT2D eigenvalue weighted by atomic mass is 16.5. The van der Waals surface area contributed by atoms with Gasteiger partial charge in [0.1, 0.15) is 5.75 Å². The molecule has 0 bridgehead atoms. The number of rotatable bonds is 7. The molecule has 0 aliphatic rings. The van der Waals surface area contributed by atoms with E-state index < -0.39 is 17.9 Å². The van der Waals surface area contributed by atoms with E-state index in [0.717, 1.165) is 21.8 Å². The number of amides is 2. The number of aromatic nitrogens is 2. The number of hydrogen-bond donors (Lipinski definition) is 2. The number of benzene rings is 3. The molecule has 0 saturated carbocycles. The Morgan fingerprint density at radius 2 is 1.58 bits per heavy atom. The number of hydrazine groups is 1. The Bertz CT molecular complexity index is 1370. The number of aryl methyl sites for hydroxylation is 2. The van der Waals surface area contributed by atoms with Crippen LogP contribution in [0.1, 0.15) is 20.3 Å². The first-order valence-corrected chi connectivity index (χ1v) is 10.9. The van der Waals surface area contributed by atoms with Gasteiger partial charge in [0.05, 0.1) is 11.0 Å². The Labute approximate surface area is 190 Å². The molecule has 1 atom stereocenters. The Morgan fingerprint density at radius 1 is 0.909 bits per heavy atom. The van der Waals surface area contributed by atoms with Crippen LogP contribution in [0, 0.1) is 0 Å². The fourth-order valence-corrected chi connectivity index (χ4v) is 3.80. The summed E-state index contributed by atoms with van der Waals surface area (Å²) in [4.78, 5) is 37.3. The first-order chi connectivity index (χ1) is 16.0. The summed E-state index contributed by atoms with van der Waals surface area (Å²) in [6.07, 6.45) is -0.769. The molecule has 33 heavy (non-hydrogen) atoms. The van der Waals surface area contributed by atoms with Crippen LogP contribution < -0.4 is 21.3 Å². The molecule has 2 amide bonds. The topological polar surface area (TPSA) is 94.4 Å². The molecule has 8 nitrogen and oxygen atoms in total. The summed E-state index contributed by atoms with van der Waals surface area (Å²) in [6.45, 7) is 4.26. The molecule has 0 radical (unpaired) electrons. The number of hydrogen-bond acceptors (Lipinski definition) is 4. The second-order valence-electron chi connectivity index (χ2n) is 7.72. The molecule has 3 aromatic carbocycles. The van der Waals surface area contributed by atoms with Crippen molar-refractivity contribution in [2.24, 2.45) is 0 Å². The molecular weight excluding hydrogens is 420 g/mol. The summed E-state index contributed by atoms with van der Waals surface area (Å²) in [7, 11) is 0. The van der Waals surface area contributed by atoms with Crippen LogP contribution in [0.4, 0.5) is 0 Å². The lowest BCUT2D eigenvalue weighted by molar-refractivity contribution is -0.132. The number of imidazole rings is 1. The monoisotopic (exact) mass is 446 g/mol. The highest BCUT2D eigenvalue weighted by molar-refractivity contribution is 5.86. The smallest absolute Gasteiger partial charge is 0.329 e. The van der Waals surface area contributed by atoms with E-state index >= 15 is 0 Å². The summed E-state index contributed by atoms with van der Waals surface area (Å²) >= 11 is 0. The van der Waals surface area contributed by atoms with Crippen LogP contribution in [0.3, 0.4) is 0 Å². The zero-order chi connectivity index (χ0) is 23.4. The van der Waals surface area contributed by atoms with Gasteiger partial charge < -0.3 is 4.74 Å². The van der Waals surface area contributed by atoms with Crippen LogP contribution >= 0.6 is 0 Å². The van der Waals surface area contributed by atoms with E-state index in [0.29, 0.717) is 12.3 Å². The van der Waals surface area contributed by atoms with Gasteiger partial charge in [-0.3, -0.25) is 29.6 Å². The van der Waals surface area contributed by atoms with Gasteiger partial charge in [0.15, 0.2) is 6.10 Å². The van der Waals surface area contributed by atoms with Crippen LogP contribution in [0.15, 0.2) is 71.5 Å². The minimum Gasteiger partial charge on any atom is -0.481 e. The van der Waals surface area contributed by atoms with Crippen molar-refractivity contribution < 1.29 is 14.3 Å². The van der Waals surface area contributed by atoms with E-state index in [1.807, 2.05) is 67.6 Å². The van der Waals surface area contributed by atoms with Gasteiger partial charge >= 0.3 is 5.69 Å². The summed E-state index contributed by atoms with van der Waals surface area (Å²) in [5.41, 5.74) is 6.23. The van der Waals surface area contributed by atoms with Crippen molar-refractivity contribution in [2.75, 3.05) is 0 Å². The van der Waals surface area contributed by atoms with Crippen molar-refractivity contribution in [2.45, 2.75) is 39.5 Å². The van der Waals surface area contributed by atoms with Crippen molar-refractivity contribution >= 4 is 33.6 Å². The van der Waals surface area contributed by atoms with E-state index in [1.54, 1.807) is 22.1 Å². The minimum atomic E-state index is -0.809. The molecular formula is C25H26N4O4. The third-order valence-corrected chi connectivity index (χ3v) is 5.53. The highest BCUT2D eigenvalue weighted by Crippen LogP contribution is 2.21. The molecule has 0 spiro atoms. The third kappa shape index (κ3) is 4.74. The number of para-hydroxylation sites is 2. The maximum absolute atomic E-state index is 12.7. The van der Waals surface area contributed by atoms with Crippen molar-refractivity contribution in [1.29, 1.82) is 0 Å². The first kappa shape index (κ1) is 22.1. The molecule has 4 aromatic rings. The second-order valence-corrected chi connectivity index (χ2v) is 7.72. The Morgan fingerprint density at radius 3 is 2.30 bits per heavy atom. The largest absolute Gasteiger partial charge is 0.481 e. The predicted molar refractivity (Wildman–Crippen MR) is 127 cm³/mol. The quantitative estimate of drug-likeness (QED) is 0.427. The van der Waals surface area contributed by atoms with E-state index in [9.17, 15) is 14.4 Å². The minimum absolute atomic E-state index is 0.0395. The van der Waals surface area contributed by atoms with Crippen molar-refractivity contribution in [3.8, 4) is 5.75 Å². The van der Waals surface area contributed by atoms with Gasteiger partial charge in [-0.15, -0.1) is 0 Å². The molecule has 4 rings (SSSR count). The van der Waals surface area contributed by atoms with E-state index in [2.05, 4.69) is 10.9 Å². The number of fused-ring (bicyclic) bond motifs is 2. The average molecular weight is 447 g/mol. The molecule has 0 aliphatic carbocycles. The highest BCUT2D eigenvalue weighted by Gasteiger charge is 2.17. The molecule has 1 unspecified atom stereocenters. The first-order valence-electron chi connectivity index (χ1n) is 10.9. The van der Waals surface area contributed by atoms with Gasteiger partial charge in [-0.05, 0) is 48.9 Å². The Kier molecular flexibility index (Phi) is 6.44. The molecule has 170 valence electrons. The zero-order valence-corrected chi connectivity index (χ0v) is 18.6. The summed E-state index contributed by atoms with van der Waals surface area (Å²) in [5.74, 6) is -0.313. The predicted octanol–water partition coefficient (Wildman–Crippen LogP) is 2.98. The molecule has 0 aliphatic heterocycles. The van der Waals surface area contributed by atoms with E-state index in [1.165, 1.54) is 0 Å². The van der Waals surface area contributed by atoms with Crippen LogP contribution in [-0.2, 0) is 22.7 Å². The van der Waals surface area contributed by atoms with Crippen LogP contribution in [-0.4, -0.2) is 27.1 Å². The third-order valence-electron chi connectivity index (χ3n) is 5.53. The van der Waals surface area contributed by atoms with Crippen molar-refractivity contribution in [1.82, 2.24) is 20.0 Å². The van der Waals surface area contributed by atoms with E-state index in [4.69, 9.17) is 4.74 Å². The summed E-state index contributed by atoms with van der Waals surface area (Å²) in [6, 6.07) is 20.9.